The first-order valence-electron chi connectivity index (χ1n) is 8.07. The Morgan fingerprint density at radius 3 is 2.79 bits per heavy atom. The number of rotatable bonds is 5. The minimum atomic E-state index is -0.364. The minimum Gasteiger partial charge on any atom is -0.312 e. The molecular formula is C17H20N4O2S. The molecule has 1 saturated heterocycles. The smallest absolute Gasteiger partial charge is 0.231 e. The maximum absolute atomic E-state index is 12.4. The topological polar surface area (TPSA) is 75.2 Å². The number of nitrogens with one attached hydrogen (secondary N) is 1. The molecule has 1 fully saturated rings. The van der Waals surface area contributed by atoms with E-state index < -0.39 is 0 Å². The van der Waals surface area contributed by atoms with Crippen molar-refractivity contribution < 1.29 is 9.59 Å². The molecular weight excluding hydrogens is 324 g/mol. The summed E-state index contributed by atoms with van der Waals surface area (Å²) in [5.74, 6) is -0.558. The summed E-state index contributed by atoms with van der Waals surface area (Å²) in [6.45, 7) is 4.47. The van der Waals surface area contributed by atoms with E-state index in [1.165, 1.54) is 11.3 Å². The van der Waals surface area contributed by atoms with Crippen LogP contribution in [0, 0.1) is 12.8 Å². The van der Waals surface area contributed by atoms with Gasteiger partial charge in [-0.2, -0.15) is 0 Å². The van der Waals surface area contributed by atoms with Crippen LogP contribution in [0.1, 0.15) is 30.3 Å². The Labute approximate surface area is 144 Å². The van der Waals surface area contributed by atoms with Crippen molar-refractivity contribution in [3.8, 4) is 0 Å². The molecule has 0 spiro atoms. The van der Waals surface area contributed by atoms with Gasteiger partial charge in [-0.15, -0.1) is 10.2 Å². The van der Waals surface area contributed by atoms with Gasteiger partial charge in [-0.3, -0.25) is 9.59 Å². The highest BCUT2D eigenvalue weighted by atomic mass is 32.1. The Balaban J connectivity index is 1.64. The second-order valence-corrected chi connectivity index (χ2v) is 7.04. The molecule has 6 nitrogen and oxygen atoms in total. The monoisotopic (exact) mass is 344 g/mol. The molecule has 24 heavy (non-hydrogen) atoms. The van der Waals surface area contributed by atoms with Crippen LogP contribution < -0.4 is 10.2 Å². The maximum Gasteiger partial charge on any atom is 0.231 e. The standard InChI is InChI=1S/C17H20N4O2S/c1-3-4-14-19-20-17(24-14)18-16(23)12-9-15(22)21(10-12)13-7-5-11(2)6-8-13/h5-8,12H,3-4,9-10H2,1-2H3,(H,18,20,23)/t12-/m1/s1. The van der Waals surface area contributed by atoms with Crippen molar-refractivity contribution in [1.29, 1.82) is 0 Å². The fourth-order valence-electron chi connectivity index (χ4n) is 2.68. The van der Waals surface area contributed by atoms with E-state index in [0.717, 1.165) is 29.1 Å². The van der Waals surface area contributed by atoms with Gasteiger partial charge in [0.2, 0.25) is 16.9 Å². The van der Waals surface area contributed by atoms with E-state index in [2.05, 4.69) is 22.4 Å². The zero-order valence-corrected chi connectivity index (χ0v) is 14.6. The molecule has 0 radical (unpaired) electrons. The lowest BCUT2D eigenvalue weighted by molar-refractivity contribution is -0.122. The predicted octanol–water partition coefficient (Wildman–Crippen LogP) is 2.79. The van der Waals surface area contributed by atoms with Crippen molar-refractivity contribution in [3.63, 3.8) is 0 Å². The van der Waals surface area contributed by atoms with Crippen molar-refractivity contribution in [2.75, 3.05) is 16.8 Å². The first kappa shape index (κ1) is 16.6. The van der Waals surface area contributed by atoms with Gasteiger partial charge < -0.3 is 10.2 Å². The fraction of sp³-hybridized carbons (Fsp3) is 0.412. The Morgan fingerprint density at radius 1 is 1.33 bits per heavy atom. The summed E-state index contributed by atoms with van der Waals surface area (Å²) in [6.07, 6.45) is 2.07. The van der Waals surface area contributed by atoms with Gasteiger partial charge in [0.15, 0.2) is 0 Å². The summed E-state index contributed by atoms with van der Waals surface area (Å²) >= 11 is 1.39. The van der Waals surface area contributed by atoms with Gasteiger partial charge in [0.05, 0.1) is 5.92 Å². The molecule has 1 aromatic heterocycles. The van der Waals surface area contributed by atoms with E-state index in [0.29, 0.717) is 11.7 Å². The average molecular weight is 344 g/mol. The van der Waals surface area contributed by atoms with E-state index >= 15 is 0 Å². The molecule has 1 aromatic carbocycles. The largest absolute Gasteiger partial charge is 0.312 e. The van der Waals surface area contributed by atoms with Crippen molar-refractivity contribution in [3.05, 3.63) is 34.8 Å². The Hall–Kier alpha value is -2.28. The second kappa shape index (κ2) is 7.09. The van der Waals surface area contributed by atoms with Gasteiger partial charge >= 0.3 is 0 Å². The van der Waals surface area contributed by atoms with Crippen molar-refractivity contribution in [2.45, 2.75) is 33.1 Å². The number of aromatic nitrogens is 2. The summed E-state index contributed by atoms with van der Waals surface area (Å²) in [6, 6.07) is 7.75. The lowest BCUT2D eigenvalue weighted by atomic mass is 10.1. The number of benzene rings is 1. The van der Waals surface area contributed by atoms with E-state index in [4.69, 9.17) is 0 Å². The van der Waals surface area contributed by atoms with Crippen LogP contribution in [0.25, 0.3) is 0 Å². The normalized spacial score (nSPS) is 17.3. The maximum atomic E-state index is 12.4. The van der Waals surface area contributed by atoms with Crippen LogP contribution in [0.4, 0.5) is 10.8 Å². The summed E-state index contributed by atoms with van der Waals surface area (Å²) < 4.78 is 0. The van der Waals surface area contributed by atoms with E-state index in [1.54, 1.807) is 4.90 Å². The average Bonchev–Trinajstić information content (AvgIpc) is 3.15. The molecule has 1 N–H and O–H groups in total. The summed E-state index contributed by atoms with van der Waals surface area (Å²) in [5, 5.41) is 12.2. The van der Waals surface area contributed by atoms with Gasteiger partial charge in [0.1, 0.15) is 5.01 Å². The number of aryl methyl sites for hydroxylation is 2. The third kappa shape index (κ3) is 3.62. The Morgan fingerprint density at radius 2 is 2.08 bits per heavy atom. The lowest BCUT2D eigenvalue weighted by Gasteiger charge is -2.16. The first-order valence-corrected chi connectivity index (χ1v) is 8.88. The number of amides is 2. The number of carbonyl (C=O) groups is 2. The second-order valence-electron chi connectivity index (χ2n) is 5.98. The Kier molecular flexibility index (Phi) is 4.89. The third-order valence-electron chi connectivity index (χ3n) is 4.00. The SMILES string of the molecule is CCCc1nnc(NC(=O)[C@@H]2CC(=O)N(c3ccc(C)cc3)C2)s1. The number of hydrogen-bond donors (Lipinski definition) is 1. The summed E-state index contributed by atoms with van der Waals surface area (Å²) in [7, 11) is 0. The molecule has 0 saturated carbocycles. The van der Waals surface area contributed by atoms with Gasteiger partial charge in [0.25, 0.3) is 0 Å². The molecule has 2 heterocycles. The van der Waals surface area contributed by atoms with Crippen LogP contribution in [0.5, 0.6) is 0 Å². The van der Waals surface area contributed by atoms with Gasteiger partial charge in [-0.1, -0.05) is 36.0 Å². The highest BCUT2D eigenvalue weighted by molar-refractivity contribution is 7.15. The van der Waals surface area contributed by atoms with Crippen molar-refractivity contribution >= 4 is 34.0 Å². The molecule has 1 aliphatic rings. The third-order valence-corrected chi connectivity index (χ3v) is 4.90. The first-order chi connectivity index (χ1) is 11.6. The molecule has 2 aromatic rings. The van der Waals surface area contributed by atoms with Gasteiger partial charge in [-0.25, -0.2) is 0 Å². The van der Waals surface area contributed by atoms with Crippen molar-refractivity contribution in [2.24, 2.45) is 5.92 Å². The zero-order chi connectivity index (χ0) is 17.1. The van der Waals surface area contributed by atoms with Crippen LogP contribution in [0.3, 0.4) is 0 Å². The fourth-order valence-corrected chi connectivity index (χ4v) is 3.53. The summed E-state index contributed by atoms with van der Waals surface area (Å²) in [4.78, 5) is 26.3. The number of nitrogens with zero attached hydrogens (tertiary/aromatic N) is 3. The number of hydrogen-bond acceptors (Lipinski definition) is 5. The van der Waals surface area contributed by atoms with Gasteiger partial charge in [0, 0.05) is 25.1 Å². The van der Waals surface area contributed by atoms with E-state index in [1.807, 2.05) is 31.2 Å². The van der Waals surface area contributed by atoms with Crippen LogP contribution >= 0.6 is 11.3 Å². The molecule has 0 aliphatic carbocycles. The highest BCUT2D eigenvalue weighted by Crippen LogP contribution is 2.27. The minimum absolute atomic E-state index is 0.0251. The highest BCUT2D eigenvalue weighted by Gasteiger charge is 2.35. The van der Waals surface area contributed by atoms with Crippen molar-refractivity contribution in [1.82, 2.24) is 10.2 Å². The lowest BCUT2D eigenvalue weighted by Crippen LogP contribution is -2.28. The molecule has 0 unspecified atom stereocenters. The van der Waals surface area contributed by atoms with Crippen LogP contribution in [0.15, 0.2) is 24.3 Å². The molecule has 1 aliphatic heterocycles. The van der Waals surface area contributed by atoms with Crippen LogP contribution in [-0.2, 0) is 16.0 Å². The van der Waals surface area contributed by atoms with Crippen LogP contribution in [-0.4, -0.2) is 28.6 Å². The molecule has 7 heteroatoms. The van der Waals surface area contributed by atoms with Gasteiger partial charge in [-0.05, 0) is 25.5 Å². The molecule has 1 atom stereocenters. The van der Waals surface area contributed by atoms with E-state index in [9.17, 15) is 9.59 Å². The number of anilines is 2. The Bertz CT molecular complexity index is 741. The summed E-state index contributed by atoms with van der Waals surface area (Å²) in [5.41, 5.74) is 1.97. The molecule has 126 valence electrons. The quantitative estimate of drug-likeness (QED) is 0.905. The zero-order valence-electron chi connectivity index (χ0n) is 13.8. The molecule has 2 amide bonds. The van der Waals surface area contributed by atoms with E-state index in [-0.39, 0.29) is 24.2 Å². The number of carbonyl (C=O) groups excluding carboxylic acids is 2. The molecule has 0 bridgehead atoms. The molecule has 3 rings (SSSR count). The van der Waals surface area contributed by atoms with Crippen LogP contribution in [0.2, 0.25) is 0 Å². The predicted molar refractivity (Wildman–Crippen MR) is 94.2 cm³/mol.